The highest BCUT2D eigenvalue weighted by Gasteiger charge is 1.95. The van der Waals surface area contributed by atoms with Crippen LogP contribution >= 0.6 is 23.2 Å². The monoisotopic (exact) mass is 137 g/mol. The van der Waals surface area contributed by atoms with Gasteiger partial charge in [0.25, 0.3) is 0 Å². The SMILES string of the molecule is Clc1nn[nH]c1Cl. The van der Waals surface area contributed by atoms with E-state index in [4.69, 9.17) is 23.2 Å². The maximum atomic E-state index is 5.31. The summed E-state index contributed by atoms with van der Waals surface area (Å²) in [6.07, 6.45) is 0. The Kier molecular flexibility index (Phi) is 1.17. The van der Waals surface area contributed by atoms with E-state index in [1.165, 1.54) is 0 Å². The molecule has 1 aromatic rings. The zero-order chi connectivity index (χ0) is 5.28. The lowest BCUT2D eigenvalue weighted by atomic mass is 10.9. The molecule has 0 unspecified atom stereocenters. The molecular weight excluding hydrogens is 137 g/mol. The number of hydrogen-bond acceptors (Lipinski definition) is 2. The zero-order valence-corrected chi connectivity index (χ0v) is 4.66. The molecule has 1 heterocycles. The van der Waals surface area contributed by atoms with Crippen molar-refractivity contribution in [3.63, 3.8) is 0 Å². The van der Waals surface area contributed by atoms with Crippen molar-refractivity contribution in [2.24, 2.45) is 0 Å². The van der Waals surface area contributed by atoms with Gasteiger partial charge in [-0.25, -0.2) is 5.10 Å². The third-order valence-electron chi connectivity index (χ3n) is 0.467. The van der Waals surface area contributed by atoms with Crippen molar-refractivity contribution in [2.75, 3.05) is 0 Å². The molecule has 5 heteroatoms. The number of rotatable bonds is 0. The van der Waals surface area contributed by atoms with Gasteiger partial charge in [0, 0.05) is 0 Å². The van der Waals surface area contributed by atoms with Crippen LogP contribution in [-0.4, -0.2) is 15.4 Å². The first-order valence-electron chi connectivity index (χ1n) is 1.53. The number of hydrogen-bond donors (Lipinski definition) is 1. The number of nitrogens with zero attached hydrogens (tertiary/aromatic N) is 2. The summed E-state index contributed by atoms with van der Waals surface area (Å²) in [7, 11) is 0. The molecule has 38 valence electrons. The van der Waals surface area contributed by atoms with Crippen molar-refractivity contribution >= 4 is 23.2 Å². The van der Waals surface area contributed by atoms with Gasteiger partial charge in [-0.15, -0.1) is 5.10 Å². The molecule has 7 heavy (non-hydrogen) atoms. The van der Waals surface area contributed by atoms with Crippen molar-refractivity contribution in [3.8, 4) is 0 Å². The van der Waals surface area contributed by atoms with E-state index >= 15 is 0 Å². The molecule has 1 rings (SSSR count). The van der Waals surface area contributed by atoms with Crippen molar-refractivity contribution in [2.45, 2.75) is 0 Å². The molecular formula is C2HCl2N3. The Bertz CT molecular complexity index is 143. The van der Waals surface area contributed by atoms with Crippen molar-refractivity contribution in [1.82, 2.24) is 15.4 Å². The molecule has 0 saturated heterocycles. The van der Waals surface area contributed by atoms with E-state index < -0.39 is 0 Å². The van der Waals surface area contributed by atoms with Gasteiger partial charge in [-0.05, 0) is 0 Å². The lowest BCUT2D eigenvalue weighted by Crippen LogP contribution is -1.63. The highest BCUT2D eigenvalue weighted by molar-refractivity contribution is 6.40. The van der Waals surface area contributed by atoms with Crippen LogP contribution in [0, 0.1) is 0 Å². The fourth-order valence-electron chi connectivity index (χ4n) is 0.203. The fourth-order valence-corrected chi connectivity index (χ4v) is 0.358. The van der Waals surface area contributed by atoms with Crippen LogP contribution in [0.2, 0.25) is 10.3 Å². The average Bonchev–Trinajstić information content (AvgIpc) is 1.91. The largest absolute Gasteiger partial charge is 0.246 e. The Morgan fingerprint density at radius 3 is 2.29 bits per heavy atom. The van der Waals surface area contributed by atoms with Gasteiger partial charge in [0.2, 0.25) is 0 Å². The first-order valence-corrected chi connectivity index (χ1v) is 2.28. The van der Waals surface area contributed by atoms with Gasteiger partial charge in [0.1, 0.15) is 0 Å². The molecule has 0 bridgehead atoms. The second-order valence-electron chi connectivity index (χ2n) is 0.917. The Labute approximate surface area is 49.6 Å². The lowest BCUT2D eigenvalue weighted by Gasteiger charge is -1.69. The Balaban J connectivity index is 3.12. The molecule has 0 atom stereocenters. The normalized spacial score (nSPS) is 9.43. The summed E-state index contributed by atoms with van der Waals surface area (Å²) in [4.78, 5) is 0. The van der Waals surface area contributed by atoms with E-state index in [1.54, 1.807) is 0 Å². The predicted molar refractivity (Wildman–Crippen MR) is 26.4 cm³/mol. The van der Waals surface area contributed by atoms with Crippen LogP contribution in [0.5, 0.6) is 0 Å². The quantitative estimate of drug-likeness (QED) is 0.583. The third kappa shape index (κ3) is 0.838. The second-order valence-corrected chi connectivity index (χ2v) is 1.65. The molecule has 0 aliphatic rings. The van der Waals surface area contributed by atoms with Crippen molar-refractivity contribution in [1.29, 1.82) is 0 Å². The summed E-state index contributed by atoms with van der Waals surface area (Å²) < 4.78 is 0. The second kappa shape index (κ2) is 1.68. The first kappa shape index (κ1) is 4.87. The van der Waals surface area contributed by atoms with Gasteiger partial charge >= 0.3 is 0 Å². The van der Waals surface area contributed by atoms with Crippen molar-refractivity contribution < 1.29 is 0 Å². The van der Waals surface area contributed by atoms with E-state index in [1.807, 2.05) is 0 Å². The maximum Gasteiger partial charge on any atom is 0.190 e. The molecule has 0 spiro atoms. The molecule has 0 fully saturated rings. The van der Waals surface area contributed by atoms with Gasteiger partial charge in [0.05, 0.1) is 0 Å². The predicted octanol–water partition coefficient (Wildman–Crippen LogP) is 1.11. The molecule has 1 N–H and O–H groups in total. The highest BCUT2D eigenvalue weighted by atomic mass is 35.5. The van der Waals surface area contributed by atoms with Crippen LogP contribution in [0.3, 0.4) is 0 Å². The van der Waals surface area contributed by atoms with Gasteiger partial charge in [-0.1, -0.05) is 28.4 Å². The van der Waals surface area contributed by atoms with Gasteiger partial charge in [-0.3, -0.25) is 0 Å². The van der Waals surface area contributed by atoms with E-state index in [-0.39, 0.29) is 10.3 Å². The molecule has 3 nitrogen and oxygen atoms in total. The molecule has 0 saturated carbocycles. The summed E-state index contributed by atoms with van der Waals surface area (Å²) in [5, 5.41) is 9.46. The maximum absolute atomic E-state index is 5.31. The summed E-state index contributed by atoms with van der Waals surface area (Å²) in [5.74, 6) is 0. The first-order chi connectivity index (χ1) is 3.30. The average molecular weight is 138 g/mol. The van der Waals surface area contributed by atoms with Gasteiger partial charge < -0.3 is 0 Å². The van der Waals surface area contributed by atoms with E-state index in [0.29, 0.717) is 0 Å². The van der Waals surface area contributed by atoms with Crippen molar-refractivity contribution in [3.05, 3.63) is 10.3 Å². The minimum atomic E-state index is 0.210. The minimum absolute atomic E-state index is 0.210. The number of aromatic nitrogens is 3. The number of nitrogens with one attached hydrogen (secondary N) is 1. The molecule has 1 aromatic heterocycles. The topological polar surface area (TPSA) is 41.6 Å². The van der Waals surface area contributed by atoms with E-state index in [2.05, 4.69) is 15.4 Å². The zero-order valence-electron chi connectivity index (χ0n) is 3.15. The van der Waals surface area contributed by atoms with Crippen LogP contribution in [0.15, 0.2) is 0 Å². The van der Waals surface area contributed by atoms with E-state index in [9.17, 15) is 0 Å². The number of halogens is 2. The number of H-pyrrole nitrogens is 1. The van der Waals surface area contributed by atoms with Gasteiger partial charge in [-0.2, -0.15) is 0 Å². The van der Waals surface area contributed by atoms with Crippen LogP contribution in [-0.2, 0) is 0 Å². The Morgan fingerprint density at radius 2 is 2.14 bits per heavy atom. The van der Waals surface area contributed by atoms with Crippen LogP contribution < -0.4 is 0 Å². The Hall–Kier alpha value is -0.280. The summed E-state index contributed by atoms with van der Waals surface area (Å²) in [5.41, 5.74) is 0. The molecule has 0 amide bonds. The Morgan fingerprint density at radius 1 is 1.43 bits per heavy atom. The summed E-state index contributed by atoms with van der Waals surface area (Å²) >= 11 is 10.6. The van der Waals surface area contributed by atoms with Crippen LogP contribution in [0.25, 0.3) is 0 Å². The molecule has 0 radical (unpaired) electrons. The van der Waals surface area contributed by atoms with Crippen LogP contribution in [0.4, 0.5) is 0 Å². The number of aromatic amines is 1. The van der Waals surface area contributed by atoms with Crippen LogP contribution in [0.1, 0.15) is 0 Å². The minimum Gasteiger partial charge on any atom is -0.246 e. The van der Waals surface area contributed by atoms with E-state index in [0.717, 1.165) is 0 Å². The molecule has 0 aliphatic carbocycles. The fraction of sp³-hybridized carbons (Fsp3) is 0. The summed E-state index contributed by atoms with van der Waals surface area (Å²) in [6.45, 7) is 0. The van der Waals surface area contributed by atoms with Gasteiger partial charge in [0.15, 0.2) is 10.3 Å². The highest BCUT2D eigenvalue weighted by Crippen LogP contribution is 2.12. The summed E-state index contributed by atoms with van der Waals surface area (Å²) in [6, 6.07) is 0. The standard InChI is InChI=1S/C2HCl2N3/c3-1-2(4)6-7-5-1/h(H,5,6,7). The third-order valence-corrected chi connectivity index (χ3v) is 1.09. The smallest absolute Gasteiger partial charge is 0.190 e. The lowest BCUT2D eigenvalue weighted by molar-refractivity contribution is 0.940. The molecule has 0 aliphatic heterocycles. The molecule has 0 aromatic carbocycles.